The molecule has 0 saturated heterocycles. The summed E-state index contributed by atoms with van der Waals surface area (Å²) in [5.74, 6) is -0.890. The molecule has 10 heteroatoms. The van der Waals surface area contributed by atoms with Gasteiger partial charge in [0.2, 0.25) is 11.8 Å². The summed E-state index contributed by atoms with van der Waals surface area (Å²) in [5, 5.41) is 2.69. The third kappa shape index (κ3) is 3.86. The lowest BCUT2D eigenvalue weighted by Crippen LogP contribution is -2.42. The van der Waals surface area contributed by atoms with E-state index in [2.05, 4.69) is 10.3 Å². The minimum absolute atomic E-state index is 0.120. The molecule has 0 spiro atoms. The highest BCUT2D eigenvalue weighted by Crippen LogP contribution is 2.19. The molecule has 2 heterocycles. The SMILES string of the molecule is CCOc1ccnc2c1c(=O)n(CC(=O)Nc1ccc(C(N)=O)cc1)c(=O)n2C. The monoisotopic (exact) mass is 397 g/mol. The average molecular weight is 397 g/mol. The van der Waals surface area contributed by atoms with Gasteiger partial charge in [-0.05, 0) is 37.3 Å². The van der Waals surface area contributed by atoms with Crippen LogP contribution in [0, 0.1) is 0 Å². The smallest absolute Gasteiger partial charge is 0.332 e. The second-order valence-corrected chi connectivity index (χ2v) is 6.16. The summed E-state index contributed by atoms with van der Waals surface area (Å²) in [7, 11) is 1.46. The molecule has 0 aliphatic heterocycles. The summed E-state index contributed by atoms with van der Waals surface area (Å²) in [5.41, 5.74) is 4.68. The number of rotatable bonds is 6. The molecule has 10 nitrogen and oxygen atoms in total. The first-order chi connectivity index (χ1) is 13.8. The summed E-state index contributed by atoms with van der Waals surface area (Å²) in [4.78, 5) is 53.1. The number of nitrogens with two attached hydrogens (primary N) is 1. The van der Waals surface area contributed by atoms with E-state index in [9.17, 15) is 19.2 Å². The van der Waals surface area contributed by atoms with Crippen LogP contribution in [0.3, 0.4) is 0 Å². The molecular weight excluding hydrogens is 378 g/mol. The Labute approximate surface area is 164 Å². The zero-order valence-electron chi connectivity index (χ0n) is 15.8. The van der Waals surface area contributed by atoms with E-state index < -0.39 is 29.6 Å². The Balaban J connectivity index is 1.96. The van der Waals surface area contributed by atoms with Crippen LogP contribution >= 0.6 is 0 Å². The maximum atomic E-state index is 12.9. The van der Waals surface area contributed by atoms with Gasteiger partial charge in [-0.1, -0.05) is 0 Å². The summed E-state index contributed by atoms with van der Waals surface area (Å²) < 4.78 is 7.48. The number of nitrogens with zero attached hydrogens (tertiary/aromatic N) is 3. The van der Waals surface area contributed by atoms with Crippen LogP contribution in [-0.4, -0.2) is 32.5 Å². The van der Waals surface area contributed by atoms with Gasteiger partial charge in [-0.25, -0.2) is 14.3 Å². The second kappa shape index (κ2) is 7.97. The van der Waals surface area contributed by atoms with Crippen molar-refractivity contribution in [3.8, 4) is 5.75 Å². The highest BCUT2D eigenvalue weighted by Gasteiger charge is 2.18. The molecule has 0 bridgehead atoms. The Hall–Kier alpha value is -3.95. The number of carbonyl (C=O) groups excluding carboxylic acids is 2. The zero-order chi connectivity index (χ0) is 21.1. The molecule has 0 atom stereocenters. The van der Waals surface area contributed by atoms with Gasteiger partial charge >= 0.3 is 5.69 Å². The van der Waals surface area contributed by atoms with Gasteiger partial charge in [0.15, 0.2) is 5.65 Å². The lowest BCUT2D eigenvalue weighted by atomic mass is 10.2. The molecule has 2 amide bonds. The molecule has 0 aliphatic rings. The maximum absolute atomic E-state index is 12.9. The van der Waals surface area contributed by atoms with Gasteiger partial charge in [0.25, 0.3) is 5.56 Å². The van der Waals surface area contributed by atoms with Crippen molar-refractivity contribution in [3.05, 3.63) is 62.9 Å². The topological polar surface area (TPSA) is 138 Å². The van der Waals surface area contributed by atoms with Crippen LogP contribution in [0.5, 0.6) is 5.75 Å². The van der Waals surface area contributed by atoms with E-state index in [1.54, 1.807) is 6.92 Å². The van der Waals surface area contributed by atoms with Crippen molar-refractivity contribution in [1.82, 2.24) is 14.1 Å². The average Bonchev–Trinajstić information content (AvgIpc) is 2.70. The van der Waals surface area contributed by atoms with Crippen molar-refractivity contribution in [3.63, 3.8) is 0 Å². The fraction of sp³-hybridized carbons (Fsp3) is 0.211. The Morgan fingerprint density at radius 2 is 1.86 bits per heavy atom. The summed E-state index contributed by atoms with van der Waals surface area (Å²) in [6.45, 7) is 1.59. The van der Waals surface area contributed by atoms with E-state index in [0.29, 0.717) is 17.9 Å². The van der Waals surface area contributed by atoms with Crippen molar-refractivity contribution < 1.29 is 14.3 Å². The largest absolute Gasteiger partial charge is 0.493 e. The molecular formula is C19H19N5O5. The molecule has 3 aromatic rings. The molecule has 2 aromatic heterocycles. The lowest BCUT2D eigenvalue weighted by Gasteiger charge is -2.13. The van der Waals surface area contributed by atoms with E-state index in [1.807, 2.05) is 0 Å². The third-order valence-electron chi connectivity index (χ3n) is 4.24. The van der Waals surface area contributed by atoms with Gasteiger partial charge in [0, 0.05) is 24.5 Å². The standard InChI is InChI=1S/C19H19N5O5/c1-3-29-13-8-9-21-17-15(13)18(27)24(19(28)23(17)2)10-14(25)22-12-6-4-11(5-7-12)16(20)26/h4-9H,3,10H2,1-2H3,(H2,20,26)(H,22,25). The molecule has 150 valence electrons. The highest BCUT2D eigenvalue weighted by atomic mass is 16.5. The molecule has 0 saturated carbocycles. The van der Waals surface area contributed by atoms with Crippen molar-refractivity contribution in [1.29, 1.82) is 0 Å². The fourth-order valence-electron chi connectivity index (χ4n) is 2.86. The fourth-order valence-corrected chi connectivity index (χ4v) is 2.86. The molecule has 0 unspecified atom stereocenters. The Bertz CT molecular complexity index is 1210. The number of benzene rings is 1. The van der Waals surface area contributed by atoms with E-state index in [4.69, 9.17) is 10.5 Å². The van der Waals surface area contributed by atoms with Gasteiger partial charge in [-0.15, -0.1) is 0 Å². The number of hydrogen-bond acceptors (Lipinski definition) is 6. The van der Waals surface area contributed by atoms with Crippen LogP contribution in [0.15, 0.2) is 46.1 Å². The number of amides is 2. The number of anilines is 1. The van der Waals surface area contributed by atoms with E-state index >= 15 is 0 Å². The van der Waals surface area contributed by atoms with E-state index in [0.717, 1.165) is 4.57 Å². The number of pyridine rings is 1. The predicted molar refractivity (Wildman–Crippen MR) is 106 cm³/mol. The molecule has 3 rings (SSSR count). The van der Waals surface area contributed by atoms with Crippen LogP contribution < -0.4 is 27.0 Å². The quantitative estimate of drug-likeness (QED) is 0.611. The molecule has 29 heavy (non-hydrogen) atoms. The van der Waals surface area contributed by atoms with Crippen LogP contribution in [0.4, 0.5) is 5.69 Å². The minimum Gasteiger partial charge on any atom is -0.493 e. The first-order valence-electron chi connectivity index (χ1n) is 8.74. The van der Waals surface area contributed by atoms with Gasteiger partial charge in [-0.2, -0.15) is 0 Å². The van der Waals surface area contributed by atoms with E-state index in [-0.39, 0.29) is 16.8 Å². The van der Waals surface area contributed by atoms with Crippen molar-refractivity contribution in [2.75, 3.05) is 11.9 Å². The van der Waals surface area contributed by atoms with Gasteiger partial charge in [0.05, 0.1) is 6.61 Å². The third-order valence-corrected chi connectivity index (χ3v) is 4.24. The number of hydrogen-bond donors (Lipinski definition) is 2. The summed E-state index contributed by atoms with van der Waals surface area (Å²) >= 11 is 0. The lowest BCUT2D eigenvalue weighted by molar-refractivity contribution is -0.116. The minimum atomic E-state index is -0.678. The molecule has 3 N–H and O–H groups in total. The van der Waals surface area contributed by atoms with Crippen LogP contribution in [-0.2, 0) is 18.4 Å². The number of carbonyl (C=O) groups is 2. The number of nitrogens with one attached hydrogen (secondary N) is 1. The maximum Gasteiger partial charge on any atom is 0.332 e. The van der Waals surface area contributed by atoms with Crippen molar-refractivity contribution in [2.45, 2.75) is 13.5 Å². The first-order valence-corrected chi connectivity index (χ1v) is 8.74. The molecule has 0 radical (unpaired) electrons. The van der Waals surface area contributed by atoms with Gasteiger partial charge in [0.1, 0.15) is 17.7 Å². The zero-order valence-corrected chi connectivity index (χ0v) is 15.8. The number of aromatic nitrogens is 3. The molecule has 1 aromatic carbocycles. The summed E-state index contributed by atoms with van der Waals surface area (Å²) in [6, 6.07) is 7.44. The number of fused-ring (bicyclic) bond motifs is 1. The van der Waals surface area contributed by atoms with Crippen LogP contribution in [0.2, 0.25) is 0 Å². The second-order valence-electron chi connectivity index (χ2n) is 6.16. The Morgan fingerprint density at radius 1 is 1.17 bits per heavy atom. The van der Waals surface area contributed by atoms with Crippen molar-refractivity contribution in [2.24, 2.45) is 12.8 Å². The van der Waals surface area contributed by atoms with Crippen LogP contribution in [0.1, 0.15) is 17.3 Å². The van der Waals surface area contributed by atoms with E-state index in [1.165, 1.54) is 48.1 Å². The molecule has 0 fully saturated rings. The number of primary amides is 1. The highest BCUT2D eigenvalue weighted by molar-refractivity contribution is 5.94. The van der Waals surface area contributed by atoms with Gasteiger partial charge in [-0.3, -0.25) is 19.0 Å². The van der Waals surface area contributed by atoms with Crippen molar-refractivity contribution >= 4 is 28.5 Å². The first kappa shape index (κ1) is 19.8. The predicted octanol–water partition coefficient (Wildman–Crippen LogP) is 0.232. The number of aryl methyl sites for hydroxylation is 1. The molecule has 0 aliphatic carbocycles. The van der Waals surface area contributed by atoms with Crippen LogP contribution in [0.25, 0.3) is 11.0 Å². The van der Waals surface area contributed by atoms with Gasteiger partial charge < -0.3 is 15.8 Å². The Morgan fingerprint density at radius 3 is 2.48 bits per heavy atom. The summed E-state index contributed by atoms with van der Waals surface area (Å²) in [6.07, 6.45) is 1.44. The Kier molecular flexibility index (Phi) is 5.44. The normalized spacial score (nSPS) is 10.7. The number of ether oxygens (including phenoxy) is 1.